The molecule has 0 bridgehead atoms. The minimum absolute atomic E-state index is 0. The molecule has 2 atom stereocenters. The maximum absolute atomic E-state index is 11.8. The molecule has 1 saturated carbocycles. The van der Waals surface area contributed by atoms with Gasteiger partial charge < -0.3 is 15.0 Å². The average molecular weight is 245 g/mol. The van der Waals surface area contributed by atoms with Crippen molar-refractivity contribution in [2.24, 2.45) is 0 Å². The predicted molar refractivity (Wildman–Crippen MR) is 66.0 cm³/mol. The number of rotatable bonds is 2. The highest BCUT2D eigenvalue weighted by Gasteiger charge is 2.29. The van der Waals surface area contributed by atoms with Crippen LogP contribution in [-0.4, -0.2) is 17.8 Å². The van der Waals surface area contributed by atoms with E-state index in [2.05, 4.69) is 0 Å². The van der Waals surface area contributed by atoms with Gasteiger partial charge in [-0.3, -0.25) is 4.79 Å². The third kappa shape index (κ3) is 2.23. The molecule has 0 aromatic carbocycles. The van der Waals surface area contributed by atoms with Gasteiger partial charge in [0.1, 0.15) is 0 Å². The molecule has 1 unspecified atom stereocenters. The molecule has 1 aliphatic rings. The van der Waals surface area contributed by atoms with Crippen LogP contribution >= 0.6 is 12.4 Å². The molecule has 1 aliphatic carbocycles. The van der Waals surface area contributed by atoms with Gasteiger partial charge in [-0.15, -0.1) is 12.4 Å². The van der Waals surface area contributed by atoms with Gasteiger partial charge in [0, 0.05) is 13.3 Å². The summed E-state index contributed by atoms with van der Waals surface area (Å²) in [6, 6.07) is 3.59. The van der Waals surface area contributed by atoms with E-state index in [0.717, 1.165) is 19.3 Å². The van der Waals surface area contributed by atoms with E-state index >= 15 is 0 Å². The minimum Gasteiger partial charge on any atom is -0.394 e. The molecule has 0 amide bonds. The first-order chi connectivity index (χ1) is 7.24. The highest BCUT2D eigenvalue weighted by Crippen LogP contribution is 2.30. The lowest BCUT2D eigenvalue weighted by Crippen LogP contribution is -2.30. The Hall–Kier alpha value is -1.000. The lowest BCUT2D eigenvalue weighted by atomic mass is 10.2. The largest absolute Gasteiger partial charge is 0.394 e. The Morgan fingerprint density at radius 2 is 2.25 bits per heavy atom. The van der Waals surface area contributed by atoms with Gasteiger partial charge in [-0.1, -0.05) is 0 Å². The van der Waals surface area contributed by atoms with Gasteiger partial charge in [0.15, 0.2) is 0 Å². The number of anilines is 1. The topological polar surface area (TPSA) is 57.2 Å². The molecule has 0 saturated heterocycles. The Balaban J connectivity index is 0.00000128. The second kappa shape index (κ2) is 5.37. The van der Waals surface area contributed by atoms with Crippen LogP contribution in [0.5, 0.6) is 0 Å². The fourth-order valence-corrected chi connectivity index (χ4v) is 2.29. The van der Waals surface area contributed by atoms with Crippen LogP contribution in [0.3, 0.4) is 0 Å². The SMILES string of the molecule is CO[C@@H]1CCCC1n1cccc(N)c1=O.Cl. The number of halogens is 1. The first kappa shape index (κ1) is 13.1. The van der Waals surface area contributed by atoms with Crippen LogP contribution < -0.4 is 11.3 Å². The molecule has 16 heavy (non-hydrogen) atoms. The zero-order valence-corrected chi connectivity index (χ0v) is 10.1. The zero-order valence-electron chi connectivity index (χ0n) is 9.26. The Kier molecular flexibility index (Phi) is 4.38. The van der Waals surface area contributed by atoms with E-state index < -0.39 is 0 Å². The predicted octanol–water partition coefficient (Wildman–Crippen LogP) is 1.59. The highest BCUT2D eigenvalue weighted by atomic mass is 35.5. The Morgan fingerprint density at radius 3 is 2.94 bits per heavy atom. The van der Waals surface area contributed by atoms with Crippen molar-refractivity contribution in [1.82, 2.24) is 4.57 Å². The Labute approximate surface area is 101 Å². The summed E-state index contributed by atoms with van der Waals surface area (Å²) in [5.74, 6) is 0. The normalized spacial score (nSPS) is 24.1. The summed E-state index contributed by atoms with van der Waals surface area (Å²) >= 11 is 0. The van der Waals surface area contributed by atoms with E-state index in [9.17, 15) is 4.79 Å². The fraction of sp³-hybridized carbons (Fsp3) is 0.545. The van der Waals surface area contributed by atoms with Gasteiger partial charge >= 0.3 is 0 Å². The van der Waals surface area contributed by atoms with Crippen molar-refractivity contribution in [1.29, 1.82) is 0 Å². The second-order valence-electron chi connectivity index (χ2n) is 3.95. The van der Waals surface area contributed by atoms with E-state index in [4.69, 9.17) is 10.5 Å². The van der Waals surface area contributed by atoms with Crippen LogP contribution in [0.4, 0.5) is 5.69 Å². The van der Waals surface area contributed by atoms with E-state index in [0.29, 0.717) is 5.69 Å². The number of pyridine rings is 1. The van der Waals surface area contributed by atoms with Crippen LogP contribution in [0.2, 0.25) is 0 Å². The zero-order chi connectivity index (χ0) is 10.8. The van der Waals surface area contributed by atoms with Crippen molar-refractivity contribution in [3.8, 4) is 0 Å². The van der Waals surface area contributed by atoms with Crippen molar-refractivity contribution in [3.63, 3.8) is 0 Å². The van der Waals surface area contributed by atoms with E-state index in [-0.39, 0.29) is 30.1 Å². The maximum atomic E-state index is 11.8. The fourth-order valence-electron chi connectivity index (χ4n) is 2.29. The van der Waals surface area contributed by atoms with Gasteiger partial charge in [-0.25, -0.2) is 0 Å². The van der Waals surface area contributed by atoms with Crippen molar-refractivity contribution in [2.45, 2.75) is 31.4 Å². The van der Waals surface area contributed by atoms with Crippen molar-refractivity contribution in [3.05, 3.63) is 28.7 Å². The molecule has 0 radical (unpaired) electrons. The smallest absolute Gasteiger partial charge is 0.274 e. The Morgan fingerprint density at radius 1 is 1.50 bits per heavy atom. The first-order valence-corrected chi connectivity index (χ1v) is 5.23. The molecule has 0 spiro atoms. The van der Waals surface area contributed by atoms with Gasteiger partial charge in [0.05, 0.1) is 17.8 Å². The molecule has 2 rings (SSSR count). The molecule has 1 heterocycles. The van der Waals surface area contributed by atoms with Crippen LogP contribution in [0.15, 0.2) is 23.1 Å². The number of hydrogen-bond donors (Lipinski definition) is 1. The molecule has 1 fully saturated rings. The Bertz CT molecular complexity index is 405. The molecule has 4 nitrogen and oxygen atoms in total. The van der Waals surface area contributed by atoms with Gasteiger partial charge in [0.25, 0.3) is 5.56 Å². The number of hydrogen-bond acceptors (Lipinski definition) is 3. The third-order valence-corrected chi connectivity index (χ3v) is 3.08. The highest BCUT2D eigenvalue weighted by molar-refractivity contribution is 5.85. The molecule has 1 aromatic rings. The van der Waals surface area contributed by atoms with Gasteiger partial charge in [-0.05, 0) is 31.4 Å². The minimum atomic E-state index is -0.105. The van der Waals surface area contributed by atoms with Crippen molar-refractivity contribution in [2.75, 3.05) is 12.8 Å². The number of nitrogens with zero attached hydrogens (tertiary/aromatic N) is 1. The quantitative estimate of drug-likeness (QED) is 0.860. The summed E-state index contributed by atoms with van der Waals surface area (Å²) in [4.78, 5) is 11.8. The molecular weight excluding hydrogens is 228 g/mol. The monoisotopic (exact) mass is 244 g/mol. The molecule has 1 aromatic heterocycles. The number of methoxy groups -OCH3 is 1. The van der Waals surface area contributed by atoms with Crippen molar-refractivity contribution >= 4 is 18.1 Å². The van der Waals surface area contributed by atoms with E-state index in [1.165, 1.54) is 0 Å². The molecule has 90 valence electrons. The molecular formula is C11H17ClN2O2. The van der Waals surface area contributed by atoms with E-state index in [1.54, 1.807) is 23.9 Å². The summed E-state index contributed by atoms with van der Waals surface area (Å²) in [5.41, 5.74) is 5.80. The van der Waals surface area contributed by atoms with Crippen LogP contribution in [0.25, 0.3) is 0 Å². The summed E-state index contributed by atoms with van der Waals surface area (Å²) in [5, 5.41) is 0. The number of aromatic nitrogens is 1. The summed E-state index contributed by atoms with van der Waals surface area (Å²) < 4.78 is 7.08. The number of ether oxygens (including phenoxy) is 1. The van der Waals surface area contributed by atoms with Crippen LogP contribution in [0.1, 0.15) is 25.3 Å². The summed E-state index contributed by atoms with van der Waals surface area (Å²) in [6.07, 6.45) is 5.04. The third-order valence-electron chi connectivity index (χ3n) is 3.08. The van der Waals surface area contributed by atoms with Crippen molar-refractivity contribution < 1.29 is 4.74 Å². The van der Waals surface area contributed by atoms with E-state index in [1.807, 2.05) is 6.07 Å². The van der Waals surface area contributed by atoms with Gasteiger partial charge in [0.2, 0.25) is 0 Å². The summed E-state index contributed by atoms with van der Waals surface area (Å²) in [6.45, 7) is 0. The first-order valence-electron chi connectivity index (χ1n) is 5.23. The van der Waals surface area contributed by atoms with Crippen LogP contribution in [0, 0.1) is 0 Å². The molecule has 5 heteroatoms. The average Bonchev–Trinajstić information content (AvgIpc) is 2.70. The molecule has 0 aliphatic heterocycles. The van der Waals surface area contributed by atoms with Crippen LogP contribution in [-0.2, 0) is 4.74 Å². The standard InChI is InChI=1S/C11H16N2O2.ClH/c1-15-10-6-2-5-9(10)13-7-3-4-8(12)11(13)14;/h3-4,7,9-10H,2,5-6,12H2,1H3;1H/t9?,10-;/m1./s1. The second-order valence-corrected chi connectivity index (χ2v) is 3.95. The van der Waals surface area contributed by atoms with Gasteiger partial charge in [-0.2, -0.15) is 0 Å². The lowest BCUT2D eigenvalue weighted by Gasteiger charge is -2.20. The number of nitrogens with two attached hydrogens (primary N) is 1. The molecule has 2 N–H and O–H groups in total. The number of nitrogen functional groups attached to an aromatic ring is 1. The lowest BCUT2D eigenvalue weighted by molar-refractivity contribution is 0.0739. The maximum Gasteiger partial charge on any atom is 0.274 e. The summed E-state index contributed by atoms with van der Waals surface area (Å²) in [7, 11) is 1.69.